The predicted octanol–water partition coefficient (Wildman–Crippen LogP) is 22.0. The zero-order valence-corrected chi connectivity index (χ0v) is 50.2. The summed E-state index contributed by atoms with van der Waals surface area (Å²) in [5.74, 6) is -0.915. The van der Waals surface area contributed by atoms with E-state index in [4.69, 9.17) is 14.2 Å². The molecular formula is C71H118O6. The van der Waals surface area contributed by atoms with Crippen LogP contribution >= 0.6 is 0 Å². The number of hydrogen-bond donors (Lipinski definition) is 0. The van der Waals surface area contributed by atoms with Crippen LogP contribution in [-0.2, 0) is 28.6 Å². The first-order valence-corrected chi connectivity index (χ1v) is 32.0. The van der Waals surface area contributed by atoms with Gasteiger partial charge < -0.3 is 14.2 Å². The summed E-state index contributed by atoms with van der Waals surface area (Å²) >= 11 is 0. The van der Waals surface area contributed by atoms with E-state index in [0.29, 0.717) is 19.3 Å². The minimum atomic E-state index is -0.793. The molecule has 0 heterocycles. The molecule has 1 unspecified atom stereocenters. The van der Waals surface area contributed by atoms with Crippen molar-refractivity contribution in [3.05, 3.63) is 122 Å². The molecule has 77 heavy (non-hydrogen) atoms. The third-order valence-corrected chi connectivity index (χ3v) is 13.4. The van der Waals surface area contributed by atoms with Crippen molar-refractivity contribution in [3.63, 3.8) is 0 Å². The molecule has 6 heteroatoms. The third-order valence-electron chi connectivity index (χ3n) is 13.4. The fourth-order valence-electron chi connectivity index (χ4n) is 8.61. The number of rotatable bonds is 57. The lowest BCUT2D eigenvalue weighted by molar-refractivity contribution is -0.167. The topological polar surface area (TPSA) is 78.9 Å². The maximum Gasteiger partial charge on any atom is 0.306 e. The van der Waals surface area contributed by atoms with Crippen LogP contribution in [0.2, 0.25) is 0 Å². The van der Waals surface area contributed by atoms with Crippen molar-refractivity contribution < 1.29 is 28.6 Å². The number of esters is 3. The maximum absolute atomic E-state index is 12.9. The second-order valence-electron chi connectivity index (χ2n) is 20.9. The van der Waals surface area contributed by atoms with Gasteiger partial charge in [0.2, 0.25) is 0 Å². The molecule has 6 nitrogen and oxygen atoms in total. The first-order chi connectivity index (χ1) is 38.0. The molecule has 0 radical (unpaired) electrons. The monoisotopic (exact) mass is 1070 g/mol. The number of unbranched alkanes of at least 4 members (excludes halogenated alkanes) is 26. The summed E-state index contributed by atoms with van der Waals surface area (Å²) in [6.45, 7) is 6.47. The van der Waals surface area contributed by atoms with Gasteiger partial charge in [0.05, 0.1) is 0 Å². The summed E-state index contributed by atoms with van der Waals surface area (Å²) < 4.78 is 16.9. The van der Waals surface area contributed by atoms with Gasteiger partial charge in [-0.1, -0.05) is 264 Å². The smallest absolute Gasteiger partial charge is 0.306 e. The lowest BCUT2D eigenvalue weighted by atomic mass is 10.1. The normalized spacial score (nSPS) is 12.9. The van der Waals surface area contributed by atoms with Crippen molar-refractivity contribution in [3.8, 4) is 0 Å². The summed E-state index contributed by atoms with van der Waals surface area (Å²) in [4.78, 5) is 38.2. The summed E-state index contributed by atoms with van der Waals surface area (Å²) in [6.07, 6.45) is 89.2. The molecule has 0 aliphatic rings. The third kappa shape index (κ3) is 62.5. The molecule has 0 aromatic rings. The van der Waals surface area contributed by atoms with Crippen LogP contribution in [0, 0.1) is 0 Å². The number of allylic oxidation sites excluding steroid dienone is 20. The van der Waals surface area contributed by atoms with E-state index in [1.165, 1.54) is 122 Å². The summed E-state index contributed by atoms with van der Waals surface area (Å²) in [5, 5.41) is 0. The van der Waals surface area contributed by atoms with Crippen LogP contribution in [0.15, 0.2) is 122 Å². The molecule has 0 amide bonds. The van der Waals surface area contributed by atoms with E-state index in [-0.39, 0.29) is 31.1 Å². The van der Waals surface area contributed by atoms with Crippen molar-refractivity contribution in [2.75, 3.05) is 13.2 Å². The van der Waals surface area contributed by atoms with Crippen LogP contribution in [-0.4, -0.2) is 37.2 Å². The average Bonchev–Trinajstić information content (AvgIpc) is 3.43. The molecule has 438 valence electrons. The lowest BCUT2D eigenvalue weighted by Crippen LogP contribution is -2.30. The molecule has 0 rings (SSSR count). The van der Waals surface area contributed by atoms with E-state index in [1.807, 2.05) is 0 Å². The van der Waals surface area contributed by atoms with Gasteiger partial charge in [-0.2, -0.15) is 0 Å². The molecule has 0 bridgehead atoms. The second kappa shape index (κ2) is 64.3. The van der Waals surface area contributed by atoms with E-state index in [2.05, 4.69) is 142 Å². The Morgan fingerprint density at radius 3 is 0.844 bits per heavy atom. The van der Waals surface area contributed by atoms with Crippen LogP contribution in [0.3, 0.4) is 0 Å². The second-order valence-corrected chi connectivity index (χ2v) is 20.9. The number of carbonyl (C=O) groups is 3. The fraction of sp³-hybridized carbons (Fsp3) is 0.676. The first-order valence-electron chi connectivity index (χ1n) is 32.0. The van der Waals surface area contributed by atoms with Crippen LogP contribution in [0.25, 0.3) is 0 Å². The number of carbonyl (C=O) groups excluding carboxylic acids is 3. The van der Waals surface area contributed by atoms with Crippen LogP contribution in [0.4, 0.5) is 0 Å². The Kier molecular flexibility index (Phi) is 60.8. The van der Waals surface area contributed by atoms with Gasteiger partial charge in [0.1, 0.15) is 13.2 Å². The highest BCUT2D eigenvalue weighted by Crippen LogP contribution is 2.15. The van der Waals surface area contributed by atoms with E-state index >= 15 is 0 Å². The number of ether oxygens (including phenoxy) is 3. The molecule has 0 saturated heterocycles. The van der Waals surface area contributed by atoms with Gasteiger partial charge in [0.25, 0.3) is 0 Å². The molecular weight excluding hydrogens is 949 g/mol. The van der Waals surface area contributed by atoms with Crippen molar-refractivity contribution in [2.24, 2.45) is 0 Å². The molecule has 0 aromatic carbocycles. The van der Waals surface area contributed by atoms with Gasteiger partial charge in [0, 0.05) is 19.3 Å². The van der Waals surface area contributed by atoms with Crippen LogP contribution in [0.1, 0.15) is 290 Å². The average molecular weight is 1070 g/mol. The molecule has 0 spiro atoms. The van der Waals surface area contributed by atoms with Crippen molar-refractivity contribution in [1.29, 1.82) is 0 Å². The lowest BCUT2D eigenvalue weighted by Gasteiger charge is -2.18. The van der Waals surface area contributed by atoms with E-state index in [1.54, 1.807) is 0 Å². The summed E-state index contributed by atoms with van der Waals surface area (Å²) in [6, 6.07) is 0. The minimum Gasteiger partial charge on any atom is -0.462 e. The standard InChI is InChI=1S/C71H118O6/c1-4-7-10-13-16-19-22-24-26-28-29-30-31-32-33-34-35-36-37-38-39-40-41-43-44-46-49-52-55-58-61-64-70(73)76-67-68(66-75-69(72)63-60-57-54-51-48-21-18-15-12-9-6-3)77-71(74)65-62-59-56-53-50-47-45-42-27-25-23-20-17-14-11-8-5-2/h7,10,15-16,18-19,24-27,29-30,32-33,35-36,38-39,41,43,68H,4-6,8-9,11-14,17,20-23,28,31,34,37,40,42,44-67H2,1-3H3/b10-7-,18-15-,19-16-,26-24-,27-25-,30-29-,33-32-,36-35-,39-38-,43-41-. The van der Waals surface area contributed by atoms with Gasteiger partial charge >= 0.3 is 17.9 Å². The highest BCUT2D eigenvalue weighted by atomic mass is 16.6. The van der Waals surface area contributed by atoms with Gasteiger partial charge in [-0.3, -0.25) is 14.4 Å². The fourth-order valence-corrected chi connectivity index (χ4v) is 8.61. The minimum absolute atomic E-state index is 0.0899. The molecule has 0 aromatic heterocycles. The van der Waals surface area contributed by atoms with E-state index < -0.39 is 6.10 Å². The maximum atomic E-state index is 12.9. The predicted molar refractivity (Wildman–Crippen MR) is 334 cm³/mol. The van der Waals surface area contributed by atoms with Gasteiger partial charge in [-0.05, 0) is 128 Å². The Balaban J connectivity index is 4.30. The van der Waals surface area contributed by atoms with Crippen molar-refractivity contribution >= 4 is 17.9 Å². The van der Waals surface area contributed by atoms with Crippen LogP contribution in [0.5, 0.6) is 0 Å². The zero-order chi connectivity index (χ0) is 55.7. The summed E-state index contributed by atoms with van der Waals surface area (Å²) in [5.41, 5.74) is 0. The highest BCUT2D eigenvalue weighted by molar-refractivity contribution is 5.71. The quantitative estimate of drug-likeness (QED) is 0.0261. The first kappa shape index (κ1) is 72.8. The van der Waals surface area contributed by atoms with Crippen LogP contribution < -0.4 is 0 Å². The zero-order valence-electron chi connectivity index (χ0n) is 50.2. The highest BCUT2D eigenvalue weighted by Gasteiger charge is 2.19. The largest absolute Gasteiger partial charge is 0.462 e. The van der Waals surface area contributed by atoms with Gasteiger partial charge in [-0.15, -0.1) is 0 Å². The van der Waals surface area contributed by atoms with Crippen molar-refractivity contribution in [2.45, 2.75) is 297 Å². The van der Waals surface area contributed by atoms with E-state index in [9.17, 15) is 14.4 Å². The Morgan fingerprint density at radius 1 is 0.273 bits per heavy atom. The molecule has 0 aliphatic carbocycles. The molecule has 0 saturated carbocycles. The van der Waals surface area contributed by atoms with Gasteiger partial charge in [0.15, 0.2) is 6.10 Å². The molecule has 0 N–H and O–H groups in total. The van der Waals surface area contributed by atoms with Crippen molar-refractivity contribution in [1.82, 2.24) is 0 Å². The Hall–Kier alpha value is -4.19. The van der Waals surface area contributed by atoms with E-state index in [0.717, 1.165) is 128 Å². The Morgan fingerprint density at radius 2 is 0.519 bits per heavy atom. The molecule has 1 atom stereocenters. The SMILES string of the molecule is CC/C=C\C/C=C\C/C=C\C/C=C\C/C=C\C/C=C\C/C=C\C/C=C\CCCCCCCCC(=O)OCC(COC(=O)CCCCCCC/C=C\CCCC)OC(=O)CCCCCCCCC/C=C\CCCCCCCC. The molecule has 0 fully saturated rings. The number of hydrogen-bond acceptors (Lipinski definition) is 6. The Labute approximate surface area is 475 Å². The van der Waals surface area contributed by atoms with Gasteiger partial charge in [-0.25, -0.2) is 0 Å². The summed E-state index contributed by atoms with van der Waals surface area (Å²) in [7, 11) is 0. The Bertz CT molecular complexity index is 1600. The molecule has 0 aliphatic heterocycles.